The van der Waals surface area contributed by atoms with Gasteiger partial charge in [-0.2, -0.15) is 0 Å². The minimum atomic E-state index is -0.00162. The predicted octanol–water partition coefficient (Wildman–Crippen LogP) is 1.93. The fourth-order valence-electron chi connectivity index (χ4n) is 1.93. The highest BCUT2D eigenvalue weighted by Crippen LogP contribution is 2.21. The Bertz CT molecular complexity index is 573. The molecule has 1 saturated carbocycles. The summed E-state index contributed by atoms with van der Waals surface area (Å²) in [6.45, 7) is 0.376. The standard InChI is InChI=1S/C14H15N3O/c18-14(9-16-10-6-7-10)17-13-5-1-4-12-11(13)3-2-8-15-12/h1-5,8,10,16H,6-7,9H2,(H,17,18). The Kier molecular flexibility index (Phi) is 2.94. The van der Waals surface area contributed by atoms with E-state index in [-0.39, 0.29) is 5.91 Å². The van der Waals surface area contributed by atoms with E-state index >= 15 is 0 Å². The van der Waals surface area contributed by atoms with Crippen LogP contribution in [0.15, 0.2) is 36.5 Å². The fraction of sp³-hybridized carbons (Fsp3) is 0.286. The van der Waals surface area contributed by atoms with E-state index in [1.54, 1.807) is 6.20 Å². The zero-order chi connectivity index (χ0) is 12.4. The van der Waals surface area contributed by atoms with Crippen LogP contribution in [-0.2, 0) is 4.79 Å². The van der Waals surface area contributed by atoms with Gasteiger partial charge in [-0.05, 0) is 37.1 Å². The summed E-state index contributed by atoms with van der Waals surface area (Å²) in [4.78, 5) is 16.1. The number of nitrogens with zero attached hydrogens (tertiary/aromatic N) is 1. The van der Waals surface area contributed by atoms with Crippen LogP contribution in [0.4, 0.5) is 5.69 Å². The molecular weight excluding hydrogens is 226 g/mol. The summed E-state index contributed by atoms with van der Waals surface area (Å²) >= 11 is 0. The van der Waals surface area contributed by atoms with Crippen LogP contribution in [0.5, 0.6) is 0 Å². The van der Waals surface area contributed by atoms with Gasteiger partial charge in [-0.15, -0.1) is 0 Å². The molecule has 1 aromatic carbocycles. The number of hydrogen-bond donors (Lipinski definition) is 2. The normalized spacial score (nSPS) is 14.7. The van der Waals surface area contributed by atoms with Gasteiger partial charge in [0.15, 0.2) is 0 Å². The Balaban J connectivity index is 1.74. The van der Waals surface area contributed by atoms with E-state index < -0.39 is 0 Å². The summed E-state index contributed by atoms with van der Waals surface area (Å²) < 4.78 is 0. The first-order chi connectivity index (χ1) is 8.83. The maximum absolute atomic E-state index is 11.8. The van der Waals surface area contributed by atoms with Crippen molar-refractivity contribution in [2.75, 3.05) is 11.9 Å². The van der Waals surface area contributed by atoms with Crippen LogP contribution in [0, 0.1) is 0 Å². The molecule has 2 aromatic rings. The van der Waals surface area contributed by atoms with Gasteiger partial charge in [-0.1, -0.05) is 6.07 Å². The first-order valence-electron chi connectivity index (χ1n) is 6.20. The quantitative estimate of drug-likeness (QED) is 0.860. The highest BCUT2D eigenvalue weighted by Gasteiger charge is 2.21. The summed E-state index contributed by atoms with van der Waals surface area (Å²) in [5.74, 6) is -0.00162. The molecule has 0 aliphatic heterocycles. The third kappa shape index (κ3) is 2.49. The summed E-state index contributed by atoms with van der Waals surface area (Å²) in [5, 5.41) is 7.10. The zero-order valence-corrected chi connectivity index (χ0v) is 10.0. The van der Waals surface area contributed by atoms with Crippen molar-refractivity contribution in [3.05, 3.63) is 36.5 Å². The van der Waals surface area contributed by atoms with Crippen molar-refractivity contribution in [2.24, 2.45) is 0 Å². The lowest BCUT2D eigenvalue weighted by Gasteiger charge is -2.08. The Morgan fingerprint density at radius 3 is 3.00 bits per heavy atom. The number of anilines is 1. The number of benzene rings is 1. The molecule has 0 saturated heterocycles. The van der Waals surface area contributed by atoms with E-state index in [0.29, 0.717) is 12.6 Å². The molecule has 0 spiro atoms. The number of carbonyl (C=O) groups is 1. The van der Waals surface area contributed by atoms with Gasteiger partial charge in [-0.25, -0.2) is 0 Å². The highest BCUT2D eigenvalue weighted by atomic mass is 16.1. The zero-order valence-electron chi connectivity index (χ0n) is 10.0. The Morgan fingerprint density at radius 1 is 1.28 bits per heavy atom. The molecule has 0 bridgehead atoms. The average Bonchev–Trinajstić information content (AvgIpc) is 3.21. The molecule has 18 heavy (non-hydrogen) atoms. The number of rotatable bonds is 4. The fourth-order valence-corrected chi connectivity index (χ4v) is 1.93. The van der Waals surface area contributed by atoms with Gasteiger partial charge in [0, 0.05) is 17.6 Å². The van der Waals surface area contributed by atoms with E-state index in [1.165, 1.54) is 12.8 Å². The molecular formula is C14H15N3O. The number of aromatic nitrogens is 1. The van der Waals surface area contributed by atoms with Crippen LogP contribution < -0.4 is 10.6 Å². The van der Waals surface area contributed by atoms with Crippen molar-refractivity contribution in [3.63, 3.8) is 0 Å². The van der Waals surface area contributed by atoms with E-state index in [2.05, 4.69) is 15.6 Å². The van der Waals surface area contributed by atoms with Gasteiger partial charge in [0.1, 0.15) is 0 Å². The van der Waals surface area contributed by atoms with E-state index in [4.69, 9.17) is 0 Å². The Hall–Kier alpha value is -1.94. The highest BCUT2D eigenvalue weighted by molar-refractivity contribution is 6.01. The summed E-state index contributed by atoms with van der Waals surface area (Å²) in [7, 11) is 0. The lowest BCUT2D eigenvalue weighted by atomic mass is 10.2. The number of fused-ring (bicyclic) bond motifs is 1. The van der Waals surface area contributed by atoms with Crippen molar-refractivity contribution >= 4 is 22.5 Å². The van der Waals surface area contributed by atoms with Crippen LogP contribution in [-0.4, -0.2) is 23.5 Å². The lowest BCUT2D eigenvalue weighted by Crippen LogP contribution is -2.29. The second-order valence-corrected chi connectivity index (χ2v) is 4.58. The second-order valence-electron chi connectivity index (χ2n) is 4.58. The molecule has 1 fully saturated rings. The maximum atomic E-state index is 11.8. The first kappa shape index (κ1) is 11.2. The van der Waals surface area contributed by atoms with Gasteiger partial charge in [0.2, 0.25) is 5.91 Å². The smallest absolute Gasteiger partial charge is 0.238 e. The largest absolute Gasteiger partial charge is 0.324 e. The number of hydrogen-bond acceptors (Lipinski definition) is 3. The van der Waals surface area contributed by atoms with Crippen LogP contribution in [0.1, 0.15) is 12.8 Å². The molecule has 4 nitrogen and oxygen atoms in total. The minimum absolute atomic E-state index is 0.00162. The molecule has 0 unspecified atom stereocenters. The van der Waals surface area contributed by atoms with Crippen molar-refractivity contribution in [1.29, 1.82) is 0 Å². The van der Waals surface area contributed by atoms with E-state index in [1.807, 2.05) is 30.3 Å². The lowest BCUT2D eigenvalue weighted by molar-refractivity contribution is -0.115. The van der Waals surface area contributed by atoms with E-state index in [9.17, 15) is 4.79 Å². The molecule has 3 rings (SSSR count). The van der Waals surface area contributed by atoms with Crippen molar-refractivity contribution in [3.8, 4) is 0 Å². The number of amides is 1. The molecule has 1 heterocycles. The molecule has 1 aliphatic rings. The van der Waals surface area contributed by atoms with Gasteiger partial charge in [0.25, 0.3) is 0 Å². The summed E-state index contributed by atoms with van der Waals surface area (Å²) in [5.41, 5.74) is 1.72. The SMILES string of the molecule is O=C(CNC1CC1)Nc1cccc2ncccc12. The molecule has 4 heteroatoms. The molecule has 1 aliphatic carbocycles. The molecule has 1 aromatic heterocycles. The number of nitrogens with one attached hydrogen (secondary N) is 2. The summed E-state index contributed by atoms with van der Waals surface area (Å²) in [6, 6.07) is 10.1. The van der Waals surface area contributed by atoms with Crippen molar-refractivity contribution in [2.45, 2.75) is 18.9 Å². The molecule has 0 atom stereocenters. The monoisotopic (exact) mass is 241 g/mol. The van der Waals surface area contributed by atoms with Crippen LogP contribution >= 0.6 is 0 Å². The van der Waals surface area contributed by atoms with Crippen LogP contribution in [0.2, 0.25) is 0 Å². The third-order valence-electron chi connectivity index (χ3n) is 3.05. The summed E-state index contributed by atoms with van der Waals surface area (Å²) in [6.07, 6.45) is 4.12. The number of carbonyl (C=O) groups excluding carboxylic acids is 1. The third-order valence-corrected chi connectivity index (χ3v) is 3.05. The first-order valence-corrected chi connectivity index (χ1v) is 6.20. The second kappa shape index (κ2) is 4.74. The molecule has 2 N–H and O–H groups in total. The van der Waals surface area contributed by atoms with E-state index in [0.717, 1.165) is 16.6 Å². The van der Waals surface area contributed by atoms with Crippen LogP contribution in [0.25, 0.3) is 10.9 Å². The van der Waals surface area contributed by atoms with Gasteiger partial charge in [-0.3, -0.25) is 9.78 Å². The van der Waals surface area contributed by atoms with Gasteiger partial charge in [0.05, 0.1) is 17.7 Å². The molecule has 0 radical (unpaired) electrons. The van der Waals surface area contributed by atoms with Crippen LogP contribution in [0.3, 0.4) is 0 Å². The van der Waals surface area contributed by atoms with Crippen molar-refractivity contribution < 1.29 is 4.79 Å². The topological polar surface area (TPSA) is 54.0 Å². The van der Waals surface area contributed by atoms with Gasteiger partial charge < -0.3 is 10.6 Å². The molecule has 1 amide bonds. The average molecular weight is 241 g/mol. The number of pyridine rings is 1. The maximum Gasteiger partial charge on any atom is 0.238 e. The Morgan fingerprint density at radius 2 is 2.17 bits per heavy atom. The minimum Gasteiger partial charge on any atom is -0.324 e. The predicted molar refractivity (Wildman–Crippen MR) is 71.4 cm³/mol. The van der Waals surface area contributed by atoms with Gasteiger partial charge >= 0.3 is 0 Å². The van der Waals surface area contributed by atoms with Crippen molar-refractivity contribution in [1.82, 2.24) is 10.3 Å². The Labute approximate surface area is 105 Å². The molecule has 92 valence electrons.